The number of likely N-dealkylation sites (N-methyl/N-ethyl adjacent to an activating group) is 1. The van der Waals surface area contributed by atoms with E-state index in [4.69, 9.17) is 9.47 Å². The molecule has 182 valence electrons. The molecule has 0 aromatic heterocycles. The minimum atomic E-state index is -0.826. The number of amides is 1. The molecule has 0 saturated carbocycles. The average Bonchev–Trinajstić information content (AvgIpc) is 3.09. The molecular weight excluding hydrogens is 436 g/mol. The van der Waals surface area contributed by atoms with Gasteiger partial charge in [-0.1, -0.05) is 19.9 Å². The molecule has 0 bridgehead atoms. The second-order valence-corrected chi connectivity index (χ2v) is 8.14. The van der Waals surface area contributed by atoms with Crippen molar-refractivity contribution in [3.63, 3.8) is 0 Å². The zero-order chi connectivity index (χ0) is 25.0. The number of carbonyl (C=O) groups is 2. The summed E-state index contributed by atoms with van der Waals surface area (Å²) in [4.78, 5) is 30.0. The second kappa shape index (κ2) is 10.6. The maximum atomic E-state index is 13.2. The molecule has 34 heavy (non-hydrogen) atoms. The molecule has 2 aromatic rings. The Balaban J connectivity index is 2.16. The lowest BCUT2D eigenvalue weighted by molar-refractivity contribution is -0.140. The van der Waals surface area contributed by atoms with Gasteiger partial charge in [-0.05, 0) is 61.5 Å². The normalized spacial score (nSPS) is 17.5. The number of aromatic hydroxyl groups is 1. The van der Waals surface area contributed by atoms with E-state index in [0.29, 0.717) is 30.0 Å². The number of likely N-dealkylation sites (tertiary alicyclic amines) is 1. The minimum absolute atomic E-state index is 0.00172. The molecule has 8 nitrogen and oxygen atoms in total. The van der Waals surface area contributed by atoms with Crippen molar-refractivity contribution in [1.82, 2.24) is 9.80 Å². The minimum Gasteiger partial charge on any atom is -0.507 e. The third-order valence-electron chi connectivity index (χ3n) is 6.28. The summed E-state index contributed by atoms with van der Waals surface area (Å²) in [6, 6.07) is 8.92. The standard InChI is InChI=1S/C26H32N2O6/c1-6-27(7-2)12-13-28-23(17-8-10-19(29)21(15-17)34-5)22(25(31)26(28)32)24(30)18-9-11-20(33-4)16(3)14-18/h8-11,14-15,23,29-30H,6-7,12-13H2,1-5H3/b24-22+/t23-/m1/s1. The predicted molar refractivity (Wildman–Crippen MR) is 129 cm³/mol. The third-order valence-corrected chi connectivity index (χ3v) is 6.28. The van der Waals surface area contributed by atoms with E-state index in [9.17, 15) is 19.8 Å². The van der Waals surface area contributed by atoms with Crippen LogP contribution in [0.25, 0.3) is 5.76 Å². The second-order valence-electron chi connectivity index (χ2n) is 8.14. The van der Waals surface area contributed by atoms with Gasteiger partial charge in [-0.25, -0.2) is 0 Å². The van der Waals surface area contributed by atoms with Crippen LogP contribution >= 0.6 is 0 Å². The topological polar surface area (TPSA) is 99.5 Å². The van der Waals surface area contributed by atoms with Crippen LogP contribution in [0.5, 0.6) is 17.2 Å². The van der Waals surface area contributed by atoms with Crippen molar-refractivity contribution in [1.29, 1.82) is 0 Å². The Morgan fingerprint density at radius 2 is 1.71 bits per heavy atom. The Morgan fingerprint density at radius 3 is 2.29 bits per heavy atom. The molecule has 0 unspecified atom stereocenters. The summed E-state index contributed by atoms with van der Waals surface area (Å²) in [7, 11) is 2.98. The van der Waals surface area contributed by atoms with E-state index >= 15 is 0 Å². The van der Waals surface area contributed by atoms with Crippen molar-refractivity contribution < 1.29 is 29.3 Å². The van der Waals surface area contributed by atoms with Crippen LogP contribution in [0.3, 0.4) is 0 Å². The molecule has 0 spiro atoms. The van der Waals surface area contributed by atoms with Gasteiger partial charge in [-0.15, -0.1) is 0 Å². The summed E-state index contributed by atoms with van der Waals surface area (Å²) in [6.07, 6.45) is 0. The maximum Gasteiger partial charge on any atom is 0.295 e. The van der Waals surface area contributed by atoms with Crippen molar-refractivity contribution in [2.45, 2.75) is 26.8 Å². The predicted octanol–water partition coefficient (Wildman–Crippen LogP) is 3.48. The number of aliphatic hydroxyl groups excluding tert-OH is 1. The van der Waals surface area contributed by atoms with Gasteiger partial charge in [0.15, 0.2) is 11.5 Å². The first kappa shape index (κ1) is 25.1. The monoisotopic (exact) mass is 468 g/mol. The lowest BCUT2D eigenvalue weighted by atomic mass is 9.94. The van der Waals surface area contributed by atoms with E-state index in [1.165, 1.54) is 18.1 Å². The van der Waals surface area contributed by atoms with Gasteiger partial charge < -0.3 is 29.5 Å². The van der Waals surface area contributed by atoms with E-state index in [0.717, 1.165) is 18.7 Å². The van der Waals surface area contributed by atoms with Crippen molar-refractivity contribution in [3.05, 3.63) is 58.7 Å². The zero-order valence-corrected chi connectivity index (χ0v) is 20.3. The number of phenols is 1. The van der Waals surface area contributed by atoms with Crippen LogP contribution < -0.4 is 9.47 Å². The number of ether oxygens (including phenoxy) is 2. The number of phenolic OH excluding ortho intramolecular Hbond substituents is 1. The molecule has 1 fully saturated rings. The highest BCUT2D eigenvalue weighted by atomic mass is 16.5. The van der Waals surface area contributed by atoms with Gasteiger partial charge in [-0.2, -0.15) is 0 Å². The number of aryl methyl sites for hydroxylation is 1. The third kappa shape index (κ3) is 4.72. The lowest BCUT2D eigenvalue weighted by Crippen LogP contribution is -2.38. The number of methoxy groups -OCH3 is 2. The molecule has 1 aliphatic heterocycles. The van der Waals surface area contributed by atoms with Gasteiger partial charge in [0.05, 0.1) is 25.8 Å². The van der Waals surface area contributed by atoms with Crippen LogP contribution in [0.15, 0.2) is 42.0 Å². The molecule has 8 heteroatoms. The summed E-state index contributed by atoms with van der Waals surface area (Å²) in [5.74, 6) is -0.870. The first-order valence-corrected chi connectivity index (χ1v) is 11.3. The number of aliphatic hydroxyl groups is 1. The molecule has 1 aliphatic rings. The first-order valence-electron chi connectivity index (χ1n) is 11.3. The fraction of sp³-hybridized carbons (Fsp3) is 0.385. The molecule has 1 heterocycles. The van der Waals surface area contributed by atoms with Gasteiger partial charge in [0.25, 0.3) is 11.7 Å². The molecule has 3 rings (SSSR count). The van der Waals surface area contributed by atoms with E-state index < -0.39 is 17.7 Å². The van der Waals surface area contributed by atoms with Gasteiger partial charge in [-0.3, -0.25) is 9.59 Å². The lowest BCUT2D eigenvalue weighted by Gasteiger charge is -2.28. The van der Waals surface area contributed by atoms with Crippen molar-refractivity contribution in [2.24, 2.45) is 0 Å². The van der Waals surface area contributed by atoms with Crippen LogP contribution in [0.1, 0.15) is 36.6 Å². The van der Waals surface area contributed by atoms with E-state index in [1.807, 2.05) is 20.8 Å². The Hall–Kier alpha value is -3.52. The van der Waals surface area contributed by atoms with Gasteiger partial charge in [0.2, 0.25) is 0 Å². The molecule has 2 N–H and O–H groups in total. The zero-order valence-electron chi connectivity index (χ0n) is 20.3. The molecule has 1 atom stereocenters. The number of nitrogens with zero attached hydrogens (tertiary/aromatic N) is 2. The molecule has 0 aliphatic carbocycles. The van der Waals surface area contributed by atoms with Crippen molar-refractivity contribution in [2.75, 3.05) is 40.4 Å². The number of rotatable bonds is 9. The highest BCUT2D eigenvalue weighted by Gasteiger charge is 2.46. The number of ketones is 1. The van der Waals surface area contributed by atoms with Gasteiger partial charge in [0.1, 0.15) is 11.5 Å². The number of hydrogen-bond acceptors (Lipinski definition) is 7. The Bertz CT molecular complexity index is 1110. The van der Waals surface area contributed by atoms with Crippen LogP contribution in [0.4, 0.5) is 0 Å². The SMILES string of the molecule is CCN(CC)CCN1C(=O)C(=O)/C(=C(/O)c2ccc(OC)c(C)c2)[C@H]1c1ccc(O)c(OC)c1. The number of hydrogen-bond donors (Lipinski definition) is 2. The van der Waals surface area contributed by atoms with E-state index in [-0.39, 0.29) is 22.8 Å². The van der Waals surface area contributed by atoms with Crippen LogP contribution in [0.2, 0.25) is 0 Å². The molecule has 1 saturated heterocycles. The quantitative estimate of drug-likeness (QED) is 0.330. The summed E-state index contributed by atoms with van der Waals surface area (Å²) in [6.45, 7) is 8.40. The number of carbonyl (C=O) groups excluding carboxylic acids is 2. The summed E-state index contributed by atoms with van der Waals surface area (Å²) >= 11 is 0. The maximum absolute atomic E-state index is 13.2. The van der Waals surface area contributed by atoms with Crippen LogP contribution in [-0.2, 0) is 9.59 Å². The van der Waals surface area contributed by atoms with Gasteiger partial charge in [0, 0.05) is 18.7 Å². The highest BCUT2D eigenvalue weighted by molar-refractivity contribution is 6.46. The fourth-order valence-corrected chi connectivity index (χ4v) is 4.29. The van der Waals surface area contributed by atoms with Crippen LogP contribution in [0, 0.1) is 6.92 Å². The molecular formula is C26H32N2O6. The average molecular weight is 469 g/mol. The Labute approximate surface area is 200 Å². The van der Waals surface area contributed by atoms with Gasteiger partial charge >= 0.3 is 0 Å². The summed E-state index contributed by atoms with van der Waals surface area (Å²) < 4.78 is 10.5. The number of Topliss-reactive ketones (excluding diaryl/α,β-unsaturated/α-hetero) is 1. The smallest absolute Gasteiger partial charge is 0.295 e. The van der Waals surface area contributed by atoms with E-state index in [2.05, 4.69) is 4.90 Å². The Morgan fingerprint density at radius 1 is 1.03 bits per heavy atom. The van der Waals surface area contributed by atoms with Crippen LogP contribution in [-0.4, -0.2) is 72.1 Å². The molecule has 1 amide bonds. The summed E-state index contributed by atoms with van der Waals surface area (Å²) in [5, 5.41) is 21.3. The van der Waals surface area contributed by atoms with Crippen molar-refractivity contribution >= 4 is 17.4 Å². The fourth-order valence-electron chi connectivity index (χ4n) is 4.29. The molecule has 2 aromatic carbocycles. The Kier molecular flexibility index (Phi) is 7.83. The largest absolute Gasteiger partial charge is 0.507 e. The van der Waals surface area contributed by atoms with E-state index in [1.54, 1.807) is 37.4 Å². The molecule has 0 radical (unpaired) electrons. The number of benzene rings is 2. The first-order chi connectivity index (χ1) is 16.3. The summed E-state index contributed by atoms with van der Waals surface area (Å²) in [5.41, 5.74) is 1.75. The highest BCUT2D eigenvalue weighted by Crippen LogP contribution is 2.42. The van der Waals surface area contributed by atoms with Crippen molar-refractivity contribution in [3.8, 4) is 17.2 Å².